The number of aldehydes is 1. The average Bonchev–Trinajstić information content (AvgIpc) is 2.49. The van der Waals surface area contributed by atoms with E-state index in [1.165, 1.54) is 11.8 Å². The van der Waals surface area contributed by atoms with Crippen molar-refractivity contribution in [1.82, 2.24) is 0 Å². The van der Waals surface area contributed by atoms with E-state index in [1.54, 1.807) is 24.3 Å². The highest BCUT2D eigenvalue weighted by Gasteiger charge is 2.14. The van der Waals surface area contributed by atoms with Crippen molar-refractivity contribution in [3.63, 3.8) is 0 Å². The zero-order chi connectivity index (χ0) is 14.5. The standard InChI is InChI=1S/C15H11BrF2OS/c16-7-10-5-6-13(17)15(18)12(10)9-20-14-4-2-1-3-11(14)8-19/h1-6,8H,7,9H2. The third kappa shape index (κ3) is 3.27. The highest BCUT2D eigenvalue weighted by molar-refractivity contribution is 9.08. The Balaban J connectivity index is 2.27. The van der Waals surface area contributed by atoms with Crippen LogP contribution in [0.25, 0.3) is 0 Å². The van der Waals surface area contributed by atoms with Crippen LogP contribution in [0.5, 0.6) is 0 Å². The van der Waals surface area contributed by atoms with Crippen LogP contribution in [0.2, 0.25) is 0 Å². The fraction of sp³-hybridized carbons (Fsp3) is 0.133. The van der Waals surface area contributed by atoms with Gasteiger partial charge in [0.15, 0.2) is 17.9 Å². The number of rotatable bonds is 5. The van der Waals surface area contributed by atoms with Crippen molar-refractivity contribution in [3.8, 4) is 0 Å². The number of benzene rings is 2. The number of carbonyl (C=O) groups is 1. The van der Waals surface area contributed by atoms with Crippen LogP contribution in [0.4, 0.5) is 8.78 Å². The van der Waals surface area contributed by atoms with Crippen LogP contribution in [-0.2, 0) is 11.1 Å². The van der Waals surface area contributed by atoms with Gasteiger partial charge in [-0.2, -0.15) is 0 Å². The topological polar surface area (TPSA) is 17.1 Å². The molecule has 5 heteroatoms. The Labute approximate surface area is 128 Å². The van der Waals surface area contributed by atoms with Gasteiger partial charge in [0.1, 0.15) is 0 Å². The SMILES string of the molecule is O=Cc1ccccc1SCc1c(CBr)ccc(F)c1F. The zero-order valence-electron chi connectivity index (χ0n) is 10.4. The molecular formula is C15H11BrF2OS. The lowest BCUT2D eigenvalue weighted by atomic mass is 10.1. The lowest BCUT2D eigenvalue weighted by Gasteiger charge is -2.10. The lowest BCUT2D eigenvalue weighted by molar-refractivity contribution is 0.112. The van der Waals surface area contributed by atoms with Gasteiger partial charge >= 0.3 is 0 Å². The van der Waals surface area contributed by atoms with Gasteiger partial charge in [-0.25, -0.2) is 8.78 Å². The number of hydrogen-bond donors (Lipinski definition) is 0. The van der Waals surface area contributed by atoms with Gasteiger partial charge in [-0.1, -0.05) is 40.2 Å². The van der Waals surface area contributed by atoms with Crippen LogP contribution in [0.3, 0.4) is 0 Å². The molecule has 1 nitrogen and oxygen atoms in total. The van der Waals surface area contributed by atoms with E-state index in [-0.39, 0.29) is 5.75 Å². The Bertz CT molecular complexity index is 631. The molecule has 0 saturated carbocycles. The van der Waals surface area contributed by atoms with Crippen molar-refractivity contribution in [1.29, 1.82) is 0 Å². The van der Waals surface area contributed by atoms with E-state index in [0.29, 0.717) is 22.0 Å². The molecule has 20 heavy (non-hydrogen) atoms. The highest BCUT2D eigenvalue weighted by Crippen LogP contribution is 2.29. The number of thioether (sulfide) groups is 1. The van der Waals surface area contributed by atoms with Crippen molar-refractivity contribution < 1.29 is 13.6 Å². The third-order valence-corrected chi connectivity index (χ3v) is 4.57. The van der Waals surface area contributed by atoms with Gasteiger partial charge in [0, 0.05) is 27.1 Å². The van der Waals surface area contributed by atoms with Gasteiger partial charge in [0.25, 0.3) is 0 Å². The Kier molecular flexibility index (Phi) is 5.31. The molecule has 2 aromatic rings. The van der Waals surface area contributed by atoms with E-state index in [2.05, 4.69) is 15.9 Å². The second kappa shape index (κ2) is 6.99. The molecule has 0 atom stereocenters. The summed E-state index contributed by atoms with van der Waals surface area (Å²) in [7, 11) is 0. The van der Waals surface area contributed by atoms with Crippen molar-refractivity contribution in [2.45, 2.75) is 16.0 Å². The second-order valence-corrected chi connectivity index (χ2v) is 5.65. The smallest absolute Gasteiger partial charge is 0.163 e. The van der Waals surface area contributed by atoms with E-state index in [1.807, 2.05) is 6.07 Å². The first-order valence-electron chi connectivity index (χ1n) is 5.86. The zero-order valence-corrected chi connectivity index (χ0v) is 12.8. The molecule has 0 unspecified atom stereocenters. The molecule has 0 saturated heterocycles. The number of carbonyl (C=O) groups excluding carboxylic acids is 1. The van der Waals surface area contributed by atoms with Gasteiger partial charge in [-0.15, -0.1) is 11.8 Å². The minimum absolute atomic E-state index is 0.273. The lowest BCUT2D eigenvalue weighted by Crippen LogP contribution is -1.98. The third-order valence-electron chi connectivity index (χ3n) is 2.86. The first-order chi connectivity index (χ1) is 9.67. The Hall–Kier alpha value is -1.20. The van der Waals surface area contributed by atoms with Gasteiger partial charge < -0.3 is 0 Å². The van der Waals surface area contributed by atoms with Crippen LogP contribution >= 0.6 is 27.7 Å². The molecule has 0 aliphatic carbocycles. The number of hydrogen-bond acceptors (Lipinski definition) is 2. The predicted octanol–water partition coefficient (Wildman–Crippen LogP) is 4.96. The van der Waals surface area contributed by atoms with E-state index in [0.717, 1.165) is 17.2 Å². The summed E-state index contributed by atoms with van der Waals surface area (Å²) in [5.74, 6) is -1.40. The van der Waals surface area contributed by atoms with Crippen LogP contribution in [0, 0.1) is 11.6 Å². The van der Waals surface area contributed by atoms with Crippen molar-refractivity contribution in [3.05, 3.63) is 64.7 Å². The first kappa shape index (κ1) is 15.2. The Morgan fingerprint density at radius 2 is 1.90 bits per heavy atom. The van der Waals surface area contributed by atoms with Crippen LogP contribution < -0.4 is 0 Å². The monoisotopic (exact) mass is 356 g/mol. The Morgan fingerprint density at radius 3 is 2.60 bits per heavy atom. The molecule has 0 spiro atoms. The van der Waals surface area contributed by atoms with Crippen LogP contribution in [0.15, 0.2) is 41.3 Å². The summed E-state index contributed by atoms with van der Waals surface area (Å²) in [5, 5.41) is 0.454. The molecule has 0 fully saturated rings. The molecule has 2 aromatic carbocycles. The normalized spacial score (nSPS) is 10.6. The summed E-state index contributed by atoms with van der Waals surface area (Å²) < 4.78 is 27.2. The molecule has 0 bridgehead atoms. The van der Waals surface area contributed by atoms with Gasteiger partial charge in [-0.05, 0) is 17.7 Å². The maximum atomic E-state index is 13.9. The van der Waals surface area contributed by atoms with Crippen LogP contribution in [0.1, 0.15) is 21.5 Å². The molecule has 0 aliphatic heterocycles. The van der Waals surface area contributed by atoms with E-state index in [4.69, 9.17) is 0 Å². The van der Waals surface area contributed by atoms with E-state index >= 15 is 0 Å². The van der Waals surface area contributed by atoms with Crippen molar-refractivity contribution in [2.75, 3.05) is 0 Å². The largest absolute Gasteiger partial charge is 0.298 e. The Morgan fingerprint density at radius 1 is 1.15 bits per heavy atom. The van der Waals surface area contributed by atoms with E-state index < -0.39 is 11.6 Å². The predicted molar refractivity (Wildman–Crippen MR) is 80.4 cm³/mol. The minimum atomic E-state index is -0.853. The minimum Gasteiger partial charge on any atom is -0.298 e. The molecular weight excluding hydrogens is 346 g/mol. The average molecular weight is 357 g/mol. The fourth-order valence-corrected chi connectivity index (χ4v) is 3.37. The first-order valence-corrected chi connectivity index (χ1v) is 7.96. The summed E-state index contributed by atoms with van der Waals surface area (Å²) in [6.07, 6.45) is 0.760. The second-order valence-electron chi connectivity index (χ2n) is 4.08. The molecule has 0 aromatic heterocycles. The molecule has 0 aliphatic rings. The highest BCUT2D eigenvalue weighted by atomic mass is 79.9. The number of alkyl halides is 1. The summed E-state index contributed by atoms with van der Waals surface area (Å²) >= 11 is 4.59. The van der Waals surface area contributed by atoms with Crippen molar-refractivity contribution in [2.24, 2.45) is 0 Å². The molecule has 0 amide bonds. The summed E-state index contributed by atoms with van der Waals surface area (Å²) in [6.45, 7) is 0. The quantitative estimate of drug-likeness (QED) is 0.427. The molecule has 0 N–H and O–H groups in total. The van der Waals surface area contributed by atoms with E-state index in [9.17, 15) is 13.6 Å². The van der Waals surface area contributed by atoms with Crippen molar-refractivity contribution >= 4 is 34.0 Å². The molecule has 104 valence electrons. The summed E-state index contributed by atoms with van der Waals surface area (Å²) in [5.41, 5.74) is 1.59. The summed E-state index contributed by atoms with van der Waals surface area (Å²) in [6, 6.07) is 9.75. The maximum Gasteiger partial charge on any atom is 0.163 e. The van der Waals surface area contributed by atoms with Gasteiger partial charge in [0.05, 0.1) is 0 Å². The molecule has 0 radical (unpaired) electrons. The fourth-order valence-electron chi connectivity index (χ4n) is 1.77. The maximum absolute atomic E-state index is 13.9. The van der Waals surface area contributed by atoms with Crippen LogP contribution in [-0.4, -0.2) is 6.29 Å². The molecule has 0 heterocycles. The summed E-state index contributed by atoms with van der Waals surface area (Å²) in [4.78, 5) is 11.7. The van der Waals surface area contributed by atoms with Gasteiger partial charge in [-0.3, -0.25) is 4.79 Å². The van der Waals surface area contributed by atoms with Gasteiger partial charge in [0.2, 0.25) is 0 Å². The number of halogens is 3. The molecule has 2 rings (SSSR count).